The van der Waals surface area contributed by atoms with Gasteiger partial charge in [-0.25, -0.2) is 9.97 Å². The Hall–Kier alpha value is -2.27. The highest BCUT2D eigenvalue weighted by Crippen LogP contribution is 2.27. The van der Waals surface area contributed by atoms with Crippen molar-refractivity contribution in [1.82, 2.24) is 15.3 Å². The highest BCUT2D eigenvalue weighted by Gasteiger charge is 2.29. The van der Waals surface area contributed by atoms with E-state index in [-0.39, 0.29) is 5.91 Å². The third-order valence-electron chi connectivity index (χ3n) is 4.86. The third-order valence-corrected chi connectivity index (χ3v) is 4.86. The lowest BCUT2D eigenvalue weighted by Crippen LogP contribution is -2.44. The van der Waals surface area contributed by atoms with Crippen LogP contribution < -0.4 is 5.32 Å². The van der Waals surface area contributed by atoms with E-state index in [9.17, 15) is 9.90 Å². The molecule has 0 spiro atoms. The van der Waals surface area contributed by atoms with E-state index < -0.39 is 5.60 Å². The molecule has 0 saturated heterocycles. The van der Waals surface area contributed by atoms with Crippen molar-refractivity contribution in [1.29, 1.82) is 0 Å². The van der Waals surface area contributed by atoms with Crippen molar-refractivity contribution in [3.05, 3.63) is 47.8 Å². The maximum Gasteiger partial charge on any atom is 0.251 e. The van der Waals surface area contributed by atoms with E-state index in [1.165, 1.54) is 0 Å². The number of carbonyl (C=O) groups excluding carboxylic acids is 1. The summed E-state index contributed by atoms with van der Waals surface area (Å²) in [6.45, 7) is 2.36. The Morgan fingerprint density at radius 3 is 2.60 bits per heavy atom. The van der Waals surface area contributed by atoms with Crippen LogP contribution >= 0.6 is 0 Å². The number of rotatable bonds is 5. The van der Waals surface area contributed by atoms with E-state index in [4.69, 9.17) is 0 Å². The summed E-state index contributed by atoms with van der Waals surface area (Å²) in [6, 6.07) is 7.29. The zero-order valence-corrected chi connectivity index (χ0v) is 14.7. The molecule has 25 heavy (non-hydrogen) atoms. The fourth-order valence-corrected chi connectivity index (χ4v) is 3.22. The number of aryl methyl sites for hydroxylation is 1. The second-order valence-corrected chi connectivity index (χ2v) is 6.82. The summed E-state index contributed by atoms with van der Waals surface area (Å²) in [7, 11) is 0. The minimum atomic E-state index is -0.759. The van der Waals surface area contributed by atoms with E-state index >= 15 is 0 Å². The molecule has 132 valence electrons. The maximum atomic E-state index is 12.5. The highest BCUT2D eigenvalue weighted by atomic mass is 16.3. The molecule has 3 rings (SSSR count). The molecular formula is C20H25N3O2. The molecule has 1 amide bonds. The average Bonchev–Trinajstić information content (AvgIpc) is 2.67. The van der Waals surface area contributed by atoms with Gasteiger partial charge >= 0.3 is 0 Å². The molecule has 5 nitrogen and oxygen atoms in total. The van der Waals surface area contributed by atoms with Gasteiger partial charge in [-0.1, -0.05) is 38.3 Å². The Bertz CT molecular complexity index is 722. The van der Waals surface area contributed by atoms with Crippen LogP contribution in [-0.4, -0.2) is 33.1 Å². The monoisotopic (exact) mass is 339 g/mol. The first kappa shape index (κ1) is 17.5. The van der Waals surface area contributed by atoms with Gasteiger partial charge in [0.05, 0.1) is 5.60 Å². The molecule has 0 unspecified atom stereocenters. The van der Waals surface area contributed by atoms with Crippen molar-refractivity contribution >= 4 is 5.91 Å². The lowest BCUT2D eigenvalue weighted by atomic mass is 9.85. The summed E-state index contributed by atoms with van der Waals surface area (Å²) in [4.78, 5) is 21.2. The Morgan fingerprint density at radius 2 is 1.92 bits per heavy atom. The molecule has 1 fully saturated rings. The number of carbonyl (C=O) groups is 1. The van der Waals surface area contributed by atoms with E-state index in [1.54, 1.807) is 12.1 Å². The van der Waals surface area contributed by atoms with Crippen LogP contribution in [0, 0.1) is 0 Å². The number of aliphatic hydroxyl groups is 1. The maximum absolute atomic E-state index is 12.5. The van der Waals surface area contributed by atoms with E-state index in [0.29, 0.717) is 17.9 Å². The number of benzene rings is 1. The zero-order valence-electron chi connectivity index (χ0n) is 14.7. The lowest BCUT2D eigenvalue weighted by Gasteiger charge is -2.32. The van der Waals surface area contributed by atoms with Gasteiger partial charge in [-0.05, 0) is 37.0 Å². The standard InChI is InChI=1S/C20H25N3O2/c1-2-15-12-21-18(22-13-15)16-7-6-8-17(11-16)19(24)23-14-20(25)9-4-3-5-10-20/h6-8,11-13,25H,2-5,9-10,14H2,1H3,(H,23,24). The average molecular weight is 339 g/mol. The van der Waals surface area contributed by atoms with Gasteiger partial charge in [-0.2, -0.15) is 0 Å². The van der Waals surface area contributed by atoms with Crippen molar-refractivity contribution in [3.8, 4) is 11.4 Å². The van der Waals surface area contributed by atoms with Crippen molar-refractivity contribution < 1.29 is 9.90 Å². The molecule has 1 heterocycles. The van der Waals surface area contributed by atoms with Crippen LogP contribution in [0.1, 0.15) is 54.9 Å². The van der Waals surface area contributed by atoms with Gasteiger partial charge < -0.3 is 10.4 Å². The Morgan fingerprint density at radius 1 is 1.20 bits per heavy atom. The van der Waals surface area contributed by atoms with Crippen LogP contribution in [0.15, 0.2) is 36.7 Å². The number of nitrogens with zero attached hydrogens (tertiary/aromatic N) is 2. The molecule has 0 aliphatic heterocycles. The molecular weight excluding hydrogens is 314 g/mol. The van der Waals surface area contributed by atoms with Crippen LogP contribution in [0.4, 0.5) is 0 Å². The number of nitrogens with one attached hydrogen (secondary N) is 1. The van der Waals surface area contributed by atoms with Crippen molar-refractivity contribution in [2.75, 3.05) is 6.54 Å². The molecule has 2 N–H and O–H groups in total. The largest absolute Gasteiger partial charge is 0.388 e. The smallest absolute Gasteiger partial charge is 0.251 e. The third kappa shape index (κ3) is 4.42. The predicted octanol–water partition coefficient (Wildman–Crippen LogP) is 3.13. The van der Waals surface area contributed by atoms with Gasteiger partial charge in [0.2, 0.25) is 0 Å². The van der Waals surface area contributed by atoms with Crippen LogP contribution in [0.25, 0.3) is 11.4 Å². The predicted molar refractivity (Wildman–Crippen MR) is 97.2 cm³/mol. The Balaban J connectivity index is 1.68. The van der Waals surface area contributed by atoms with E-state index in [0.717, 1.165) is 49.7 Å². The Kier molecular flexibility index (Phi) is 5.43. The van der Waals surface area contributed by atoms with Gasteiger partial charge in [0.25, 0.3) is 5.91 Å². The summed E-state index contributed by atoms with van der Waals surface area (Å²) < 4.78 is 0. The SMILES string of the molecule is CCc1cnc(-c2cccc(C(=O)NCC3(O)CCCCC3)c2)nc1. The second-order valence-electron chi connectivity index (χ2n) is 6.82. The van der Waals surface area contributed by atoms with Crippen molar-refractivity contribution in [2.45, 2.75) is 51.0 Å². The van der Waals surface area contributed by atoms with Gasteiger partial charge in [0.1, 0.15) is 0 Å². The Labute approximate surface area is 148 Å². The summed E-state index contributed by atoms with van der Waals surface area (Å²) in [5.41, 5.74) is 1.69. The summed E-state index contributed by atoms with van der Waals surface area (Å²) in [5.74, 6) is 0.434. The number of amides is 1. The molecule has 1 aromatic heterocycles. The first-order chi connectivity index (χ1) is 12.1. The van der Waals surface area contributed by atoms with Crippen LogP contribution in [0.5, 0.6) is 0 Å². The van der Waals surface area contributed by atoms with Crippen molar-refractivity contribution in [2.24, 2.45) is 0 Å². The molecule has 1 saturated carbocycles. The first-order valence-electron chi connectivity index (χ1n) is 9.01. The molecule has 0 atom stereocenters. The molecule has 0 radical (unpaired) electrons. The summed E-state index contributed by atoms with van der Waals surface area (Å²) in [5, 5.41) is 13.4. The second kappa shape index (κ2) is 7.74. The topological polar surface area (TPSA) is 75.1 Å². The molecule has 0 bridgehead atoms. The lowest BCUT2D eigenvalue weighted by molar-refractivity contribution is 0.00526. The molecule has 5 heteroatoms. The fraction of sp³-hybridized carbons (Fsp3) is 0.450. The van der Waals surface area contributed by atoms with Crippen LogP contribution in [-0.2, 0) is 6.42 Å². The normalized spacial score (nSPS) is 16.4. The highest BCUT2D eigenvalue weighted by molar-refractivity contribution is 5.95. The van der Waals surface area contributed by atoms with E-state index in [2.05, 4.69) is 22.2 Å². The van der Waals surface area contributed by atoms with Gasteiger partial charge in [-0.15, -0.1) is 0 Å². The number of hydrogen-bond acceptors (Lipinski definition) is 4. The number of hydrogen-bond donors (Lipinski definition) is 2. The first-order valence-corrected chi connectivity index (χ1v) is 9.01. The van der Waals surface area contributed by atoms with Crippen molar-refractivity contribution in [3.63, 3.8) is 0 Å². The van der Waals surface area contributed by atoms with E-state index in [1.807, 2.05) is 24.5 Å². The van der Waals surface area contributed by atoms with Gasteiger partial charge in [0, 0.05) is 30.1 Å². The molecule has 1 aliphatic rings. The fourth-order valence-electron chi connectivity index (χ4n) is 3.22. The summed E-state index contributed by atoms with van der Waals surface area (Å²) in [6.07, 6.45) is 9.23. The van der Waals surface area contributed by atoms with Gasteiger partial charge in [0.15, 0.2) is 5.82 Å². The minimum Gasteiger partial charge on any atom is -0.388 e. The summed E-state index contributed by atoms with van der Waals surface area (Å²) >= 11 is 0. The van der Waals surface area contributed by atoms with Gasteiger partial charge in [-0.3, -0.25) is 4.79 Å². The molecule has 1 aromatic carbocycles. The minimum absolute atomic E-state index is 0.175. The number of aromatic nitrogens is 2. The molecule has 2 aromatic rings. The molecule has 1 aliphatic carbocycles. The van der Waals surface area contributed by atoms with Crippen LogP contribution in [0.3, 0.4) is 0 Å². The van der Waals surface area contributed by atoms with Crippen LogP contribution in [0.2, 0.25) is 0 Å². The quantitative estimate of drug-likeness (QED) is 0.877. The zero-order chi connectivity index (χ0) is 17.7.